The number of thiophene rings is 1. The number of ether oxygens (including phenoxy) is 1. The molecule has 508 valence electrons. The van der Waals surface area contributed by atoms with E-state index in [2.05, 4.69) is 211 Å². The average molecular weight is 1330 g/mol. The van der Waals surface area contributed by atoms with Crippen LogP contribution in [0.5, 0.6) is 5.88 Å². The van der Waals surface area contributed by atoms with E-state index >= 15 is 0 Å². The summed E-state index contributed by atoms with van der Waals surface area (Å²) in [6.07, 6.45) is 12.5. The van der Waals surface area contributed by atoms with Crippen molar-refractivity contribution >= 4 is 123 Å². The first-order valence-corrected chi connectivity index (χ1v) is 33.3. The second-order valence-electron chi connectivity index (χ2n) is 24.6. The van der Waals surface area contributed by atoms with Gasteiger partial charge in [0.2, 0.25) is 23.7 Å². The normalized spacial score (nSPS) is 11.0. The number of anilines is 7. The Morgan fingerprint density at radius 1 is 0.485 bits per heavy atom. The molecule has 14 aromatic heterocycles. The minimum Gasteiger partial charge on any atom is -0.481 e. The molecular formula is C72H91N21O3S. The first-order valence-electron chi connectivity index (χ1n) is 32.4. The minimum atomic E-state index is 0.332. The third kappa shape index (κ3) is 22.4. The number of aromatic amines is 1. The molecular weight excluding hydrogens is 1240 g/mol. The van der Waals surface area contributed by atoms with Crippen LogP contribution in [-0.2, 0) is 0 Å². The maximum atomic E-state index is 5.26. The average Bonchev–Trinajstić information content (AvgIpc) is 1.85. The van der Waals surface area contributed by atoms with Crippen LogP contribution in [-0.4, -0.2) is 119 Å². The molecule has 0 aliphatic rings. The molecule has 0 aliphatic heterocycles. The molecule has 0 spiro atoms. The van der Waals surface area contributed by atoms with E-state index in [1.54, 1.807) is 47.9 Å². The fourth-order valence-electron chi connectivity index (χ4n) is 9.20. The third-order valence-corrected chi connectivity index (χ3v) is 13.9. The number of methoxy groups -OCH3 is 1. The van der Waals surface area contributed by atoms with E-state index in [1.165, 1.54) is 0 Å². The van der Waals surface area contributed by atoms with Crippen LogP contribution in [0, 0.1) is 13.8 Å². The van der Waals surface area contributed by atoms with Gasteiger partial charge in [0.1, 0.15) is 39.7 Å². The lowest BCUT2D eigenvalue weighted by Gasteiger charge is -2.11. The van der Waals surface area contributed by atoms with Gasteiger partial charge >= 0.3 is 0 Å². The molecule has 0 saturated carbocycles. The summed E-state index contributed by atoms with van der Waals surface area (Å²) in [7, 11) is 1.61. The molecule has 0 aromatic carbocycles. The molecule has 8 N–H and O–H groups in total. The zero-order valence-corrected chi connectivity index (χ0v) is 59.2. The van der Waals surface area contributed by atoms with Crippen LogP contribution in [0.4, 0.5) is 41.1 Å². The van der Waals surface area contributed by atoms with Crippen molar-refractivity contribution in [3.05, 3.63) is 163 Å². The number of pyridine rings is 7. The summed E-state index contributed by atoms with van der Waals surface area (Å²) in [5, 5.41) is 32.2. The molecule has 0 atom stereocenters. The van der Waals surface area contributed by atoms with Crippen molar-refractivity contribution in [1.82, 2.24) is 69.4 Å². The number of aryl methyl sites for hydroxylation is 2. The molecule has 14 heterocycles. The fraction of sp³-hybridized carbons (Fsp3) is 0.333. The third-order valence-electron chi connectivity index (χ3n) is 13.1. The Morgan fingerprint density at radius 2 is 1.14 bits per heavy atom. The molecule has 14 rings (SSSR count). The van der Waals surface area contributed by atoms with Crippen LogP contribution < -0.4 is 42.0 Å². The highest BCUT2D eigenvalue weighted by Crippen LogP contribution is 2.24. The number of hydrogen-bond donors (Lipinski definition) is 8. The van der Waals surface area contributed by atoms with Gasteiger partial charge in [-0.1, -0.05) is 12.1 Å². The van der Waals surface area contributed by atoms with Gasteiger partial charge in [0.25, 0.3) is 0 Å². The van der Waals surface area contributed by atoms with Gasteiger partial charge < -0.3 is 55.8 Å². The number of furan rings is 2. The molecule has 0 saturated heterocycles. The number of nitrogens with one attached hydrogen (secondary N) is 8. The van der Waals surface area contributed by atoms with Gasteiger partial charge in [0.15, 0.2) is 22.6 Å². The summed E-state index contributed by atoms with van der Waals surface area (Å²) in [5.41, 5.74) is 9.81. The lowest BCUT2D eigenvalue weighted by molar-refractivity contribution is 0.399. The van der Waals surface area contributed by atoms with Gasteiger partial charge in [-0.25, -0.2) is 49.4 Å². The molecule has 0 unspecified atom stereocenters. The van der Waals surface area contributed by atoms with E-state index in [4.69, 9.17) is 13.6 Å². The van der Waals surface area contributed by atoms with Crippen LogP contribution in [0.25, 0.3) is 70.9 Å². The summed E-state index contributed by atoms with van der Waals surface area (Å²) in [6, 6.07) is 35.9. The van der Waals surface area contributed by atoms with Crippen LogP contribution in [0.2, 0.25) is 0 Å². The molecule has 24 nitrogen and oxygen atoms in total. The lowest BCUT2D eigenvalue weighted by atomic mass is 10.2. The molecule has 14 aromatic rings. The number of rotatable bonds is 15. The Balaban J connectivity index is 0.000000145. The van der Waals surface area contributed by atoms with Crippen molar-refractivity contribution < 1.29 is 13.6 Å². The molecule has 0 amide bonds. The van der Waals surface area contributed by atoms with Gasteiger partial charge in [0, 0.05) is 101 Å². The van der Waals surface area contributed by atoms with Gasteiger partial charge in [-0.2, -0.15) is 4.98 Å². The molecule has 25 heteroatoms. The topological polar surface area (TPSA) is 295 Å². The molecule has 97 heavy (non-hydrogen) atoms. The Morgan fingerprint density at radius 3 is 1.87 bits per heavy atom. The van der Waals surface area contributed by atoms with Crippen LogP contribution in [0.3, 0.4) is 0 Å². The molecule has 0 fully saturated rings. The second kappa shape index (κ2) is 35.1. The van der Waals surface area contributed by atoms with E-state index < -0.39 is 0 Å². The van der Waals surface area contributed by atoms with E-state index in [0.717, 1.165) is 106 Å². The maximum Gasteiger partial charge on any atom is 0.243 e. The van der Waals surface area contributed by atoms with Gasteiger partial charge in [0.05, 0.1) is 53.5 Å². The Kier molecular flexibility index (Phi) is 26.0. The number of H-pyrrole nitrogens is 1. The predicted molar refractivity (Wildman–Crippen MR) is 399 cm³/mol. The largest absolute Gasteiger partial charge is 0.481 e. The van der Waals surface area contributed by atoms with Crippen molar-refractivity contribution in [2.45, 2.75) is 153 Å². The zero-order valence-electron chi connectivity index (χ0n) is 58.4. The van der Waals surface area contributed by atoms with E-state index in [9.17, 15) is 0 Å². The maximum absolute atomic E-state index is 5.26. The van der Waals surface area contributed by atoms with Crippen LogP contribution in [0.15, 0.2) is 161 Å². The van der Waals surface area contributed by atoms with Gasteiger partial charge in [-0.15, -0.1) is 16.4 Å². The first kappa shape index (κ1) is 72.0. The van der Waals surface area contributed by atoms with Crippen LogP contribution in [0.1, 0.15) is 108 Å². The molecule has 0 radical (unpaired) electrons. The van der Waals surface area contributed by atoms with E-state index in [0.29, 0.717) is 66.0 Å². The van der Waals surface area contributed by atoms with Gasteiger partial charge in [-0.05, 0) is 189 Å². The monoisotopic (exact) mass is 1330 g/mol. The van der Waals surface area contributed by atoms with Crippen molar-refractivity contribution in [3.63, 3.8) is 0 Å². The summed E-state index contributed by atoms with van der Waals surface area (Å²) in [6.45, 7) is 33.0. The van der Waals surface area contributed by atoms with Crippen LogP contribution >= 0.6 is 11.3 Å². The standard InChI is InChI=1S/C12H15N3O.C12H15N3.C10H13N3O.C10H13N3.C10H12N2O.C9H12N4.C9H11N3S/c1-8(2)14-11-6-9-4-5-12(16-3)15-10(9)7-13-11;1-8(2)14-12-11-10(5-4-6-13-11)7-9(3)15-12;1-6(2)11-10-12-7(3)9-8(13-10)4-5-14-9;1-7(2)12-9-4-3-8-5-6-11-10(8)13-9;1-7(2)11-10-4-3-9-8(12-10)5-6-13-9;1-7(2)10-9-11-8-5-3-4-6-13(8)12-9;1-6(2)11-9-10-5-8-7(12-9)3-4-13-8/h4-8H,1-3H3,(H,13,14);4-8H,1-3H3,(H,14,15);4-6H,1-3H3,(H,11,12,13);3-7H,1-2H3,(H2,11,12,13);3-7H,1-2H3,(H,11,12);3-7H,1-2H3,(H,10,12);3-6H,1-2H3,(H,10,11,12). The SMILES string of the molecule is CC(C)Nc1ccc2cc[nH]c2n1.CC(C)Nc1ccc2occc2n1.CC(C)Nc1nc2ccccn2n1.CC(C)Nc1ncc2sccc2n1.COc1ccc2cc(NC(C)C)ncc2n1.Cc1cc2cccnc2c(NC(C)C)n1.Cc1nc(NC(C)C)nc2ccoc12. The van der Waals surface area contributed by atoms with E-state index in [1.807, 2.05) is 129 Å². The molecule has 0 aliphatic carbocycles. The number of fused-ring (bicyclic) bond motifs is 7. The predicted octanol–water partition coefficient (Wildman–Crippen LogP) is 16.7. The quantitative estimate of drug-likeness (QED) is 0.0473. The fourth-order valence-corrected chi connectivity index (χ4v) is 9.89. The van der Waals surface area contributed by atoms with Crippen molar-refractivity contribution in [3.8, 4) is 5.88 Å². The number of hydrogen-bond acceptors (Lipinski definition) is 23. The highest BCUT2D eigenvalue weighted by molar-refractivity contribution is 7.17. The highest BCUT2D eigenvalue weighted by Gasteiger charge is 2.10. The Bertz CT molecular complexity index is 4470. The summed E-state index contributed by atoms with van der Waals surface area (Å²) >= 11 is 1.66. The Labute approximate surface area is 570 Å². The van der Waals surface area contributed by atoms with Gasteiger partial charge in [-0.3, -0.25) is 4.98 Å². The minimum absolute atomic E-state index is 0.332. The summed E-state index contributed by atoms with van der Waals surface area (Å²) < 4.78 is 18.4. The highest BCUT2D eigenvalue weighted by atomic mass is 32.1. The molecule has 0 bridgehead atoms. The smallest absolute Gasteiger partial charge is 0.243 e. The number of aromatic nitrogens is 14. The first-order chi connectivity index (χ1) is 46.5. The number of nitrogens with zero attached hydrogens (tertiary/aromatic N) is 13. The Hall–Kier alpha value is -10.8. The zero-order chi connectivity index (χ0) is 69.5. The van der Waals surface area contributed by atoms with Crippen molar-refractivity contribution in [2.75, 3.05) is 44.3 Å². The second-order valence-corrected chi connectivity index (χ2v) is 25.5. The lowest BCUT2D eigenvalue weighted by Crippen LogP contribution is -2.12. The van der Waals surface area contributed by atoms with Crippen molar-refractivity contribution in [2.24, 2.45) is 0 Å². The van der Waals surface area contributed by atoms with E-state index in [-0.39, 0.29) is 0 Å². The summed E-state index contributed by atoms with van der Waals surface area (Å²) in [4.78, 5) is 50.8. The summed E-state index contributed by atoms with van der Waals surface area (Å²) in [5.74, 6) is 6.22. The van der Waals surface area contributed by atoms with Crippen molar-refractivity contribution in [1.29, 1.82) is 0 Å².